The Bertz CT molecular complexity index is 926. The minimum absolute atomic E-state index is 0.195. The fourth-order valence-electron chi connectivity index (χ4n) is 3.78. The number of rotatable bonds is 5. The average molecular weight is 407 g/mol. The minimum atomic E-state index is -3.29. The van der Waals surface area contributed by atoms with Gasteiger partial charge in [-0.05, 0) is 39.0 Å². The zero-order valence-corrected chi connectivity index (χ0v) is 16.9. The van der Waals surface area contributed by atoms with E-state index in [-0.39, 0.29) is 13.0 Å². The average Bonchev–Trinajstić information content (AvgIpc) is 3.03. The Morgan fingerprint density at radius 2 is 2.14 bits per heavy atom. The van der Waals surface area contributed by atoms with E-state index in [2.05, 4.69) is 16.5 Å². The number of carbonyl (C=O) groups is 1. The van der Waals surface area contributed by atoms with Crippen molar-refractivity contribution in [3.63, 3.8) is 0 Å². The van der Waals surface area contributed by atoms with Crippen molar-refractivity contribution in [1.29, 1.82) is 5.26 Å². The molecule has 4 rings (SSSR count). The summed E-state index contributed by atoms with van der Waals surface area (Å²) in [6, 6.07) is 4.30. The van der Waals surface area contributed by atoms with Crippen molar-refractivity contribution < 1.29 is 17.9 Å². The Morgan fingerprint density at radius 3 is 2.68 bits per heavy atom. The van der Waals surface area contributed by atoms with Crippen LogP contribution >= 0.6 is 0 Å². The summed E-state index contributed by atoms with van der Waals surface area (Å²) in [5, 5.41) is 15.7. The Hall–Kier alpha value is -2.28. The van der Waals surface area contributed by atoms with Crippen molar-refractivity contribution >= 4 is 21.7 Å². The minimum Gasteiger partial charge on any atom is -0.425 e. The third-order valence-electron chi connectivity index (χ3n) is 5.92. The fraction of sp³-hybridized carbons (Fsp3) is 0.722. The molecule has 0 bridgehead atoms. The van der Waals surface area contributed by atoms with Crippen LogP contribution in [0.15, 0.2) is 6.07 Å². The number of aryl methyl sites for hydroxylation is 1. The SMILES string of the molecule is Cc1cc(N2C[C@H](S(C)(=O)=O)C[C@@H]2OC(=O)NC2(C#N)CC2)n(C2CCC2)n1. The molecule has 1 amide bonds. The molecule has 0 spiro atoms. The van der Waals surface area contributed by atoms with Crippen LogP contribution in [-0.4, -0.2) is 54.1 Å². The molecule has 9 nitrogen and oxygen atoms in total. The van der Waals surface area contributed by atoms with Gasteiger partial charge in [0.15, 0.2) is 16.1 Å². The molecular formula is C18H25N5O4S. The van der Waals surface area contributed by atoms with Crippen molar-refractivity contribution in [3.8, 4) is 6.07 Å². The zero-order chi connectivity index (χ0) is 20.1. The highest BCUT2D eigenvalue weighted by atomic mass is 32.2. The summed E-state index contributed by atoms with van der Waals surface area (Å²) >= 11 is 0. The lowest BCUT2D eigenvalue weighted by molar-refractivity contribution is 0.0990. The Balaban J connectivity index is 1.58. The van der Waals surface area contributed by atoms with E-state index in [4.69, 9.17) is 10.00 Å². The van der Waals surface area contributed by atoms with E-state index in [9.17, 15) is 13.2 Å². The highest BCUT2D eigenvalue weighted by Crippen LogP contribution is 2.38. The molecule has 0 aromatic carbocycles. The number of aromatic nitrogens is 2. The molecule has 1 saturated heterocycles. The number of hydrogen-bond acceptors (Lipinski definition) is 7. The maximum absolute atomic E-state index is 12.4. The summed E-state index contributed by atoms with van der Waals surface area (Å²) in [4.78, 5) is 14.2. The van der Waals surface area contributed by atoms with Gasteiger partial charge in [-0.25, -0.2) is 17.9 Å². The van der Waals surface area contributed by atoms with Gasteiger partial charge in [-0.2, -0.15) is 10.4 Å². The molecule has 3 fully saturated rings. The Kier molecular flexibility index (Phi) is 4.53. The van der Waals surface area contributed by atoms with E-state index in [1.807, 2.05) is 22.6 Å². The van der Waals surface area contributed by atoms with E-state index in [0.717, 1.165) is 30.8 Å². The van der Waals surface area contributed by atoms with Crippen molar-refractivity contribution in [3.05, 3.63) is 11.8 Å². The molecule has 0 unspecified atom stereocenters. The van der Waals surface area contributed by atoms with E-state index < -0.39 is 32.9 Å². The smallest absolute Gasteiger partial charge is 0.410 e. The summed E-state index contributed by atoms with van der Waals surface area (Å²) in [6.07, 6.45) is 4.43. The first kappa shape index (κ1) is 19.1. The van der Waals surface area contributed by atoms with E-state index >= 15 is 0 Å². The second-order valence-electron chi connectivity index (χ2n) is 8.19. The van der Waals surface area contributed by atoms with Crippen LogP contribution in [0.1, 0.15) is 50.3 Å². The number of amides is 1. The van der Waals surface area contributed by atoms with Crippen LogP contribution in [-0.2, 0) is 14.6 Å². The third-order valence-corrected chi connectivity index (χ3v) is 7.47. The number of nitriles is 1. The van der Waals surface area contributed by atoms with Crippen molar-refractivity contribution in [2.45, 2.75) is 68.5 Å². The van der Waals surface area contributed by atoms with E-state index in [0.29, 0.717) is 18.9 Å². The quantitative estimate of drug-likeness (QED) is 0.788. The molecular weight excluding hydrogens is 382 g/mol. The molecule has 2 saturated carbocycles. The summed E-state index contributed by atoms with van der Waals surface area (Å²) < 4.78 is 31.9. The highest BCUT2D eigenvalue weighted by Gasteiger charge is 2.47. The number of hydrogen-bond donors (Lipinski definition) is 1. The second-order valence-corrected chi connectivity index (χ2v) is 10.5. The number of sulfone groups is 1. The van der Waals surface area contributed by atoms with Gasteiger partial charge in [-0.1, -0.05) is 0 Å². The van der Waals surface area contributed by atoms with Crippen LogP contribution in [0.3, 0.4) is 0 Å². The summed E-state index contributed by atoms with van der Waals surface area (Å²) in [6.45, 7) is 2.15. The number of nitrogens with zero attached hydrogens (tertiary/aromatic N) is 4. The number of nitrogens with one attached hydrogen (secondary N) is 1. The topological polar surface area (TPSA) is 117 Å². The Morgan fingerprint density at radius 1 is 1.43 bits per heavy atom. The predicted octanol–water partition coefficient (Wildman–Crippen LogP) is 1.65. The van der Waals surface area contributed by atoms with Gasteiger partial charge in [0, 0.05) is 25.3 Å². The molecule has 3 aliphatic rings. The van der Waals surface area contributed by atoms with Crippen LogP contribution in [0.4, 0.5) is 10.6 Å². The molecule has 10 heteroatoms. The number of alkyl carbamates (subject to hydrolysis) is 1. The van der Waals surface area contributed by atoms with E-state index in [1.165, 1.54) is 6.26 Å². The van der Waals surface area contributed by atoms with E-state index in [1.54, 1.807) is 0 Å². The molecule has 1 aromatic heterocycles. The van der Waals surface area contributed by atoms with Gasteiger partial charge < -0.3 is 15.0 Å². The molecule has 2 atom stereocenters. The van der Waals surface area contributed by atoms with Crippen LogP contribution in [0.25, 0.3) is 0 Å². The lowest BCUT2D eigenvalue weighted by atomic mass is 9.93. The van der Waals surface area contributed by atoms with Gasteiger partial charge in [0.2, 0.25) is 0 Å². The maximum Gasteiger partial charge on any atom is 0.410 e. The van der Waals surface area contributed by atoms with Gasteiger partial charge >= 0.3 is 6.09 Å². The van der Waals surface area contributed by atoms with Gasteiger partial charge in [0.05, 0.1) is 23.1 Å². The fourth-order valence-corrected chi connectivity index (χ4v) is 4.73. The molecule has 28 heavy (non-hydrogen) atoms. The van der Waals surface area contributed by atoms with Crippen molar-refractivity contribution in [1.82, 2.24) is 15.1 Å². The van der Waals surface area contributed by atoms with Crippen LogP contribution in [0.5, 0.6) is 0 Å². The van der Waals surface area contributed by atoms with Crippen LogP contribution in [0, 0.1) is 18.3 Å². The van der Waals surface area contributed by atoms with Crippen LogP contribution in [0.2, 0.25) is 0 Å². The third kappa shape index (κ3) is 3.55. The molecule has 0 radical (unpaired) electrons. The second kappa shape index (κ2) is 6.65. The number of ether oxygens (including phenoxy) is 1. The van der Waals surface area contributed by atoms with Crippen LogP contribution < -0.4 is 10.2 Å². The molecule has 1 aromatic rings. The lowest BCUT2D eigenvalue weighted by Gasteiger charge is -2.32. The highest BCUT2D eigenvalue weighted by molar-refractivity contribution is 7.91. The van der Waals surface area contributed by atoms with Gasteiger partial charge in [0.25, 0.3) is 0 Å². The molecule has 2 aliphatic carbocycles. The Labute approximate surface area is 164 Å². The van der Waals surface area contributed by atoms with Crippen molar-refractivity contribution in [2.24, 2.45) is 0 Å². The summed E-state index contributed by atoms with van der Waals surface area (Å²) in [5.74, 6) is 0.785. The van der Waals surface area contributed by atoms with Gasteiger partial charge in [-0.15, -0.1) is 0 Å². The summed E-state index contributed by atoms with van der Waals surface area (Å²) in [7, 11) is -3.29. The molecule has 152 valence electrons. The monoisotopic (exact) mass is 407 g/mol. The molecule has 2 heterocycles. The zero-order valence-electron chi connectivity index (χ0n) is 16.1. The lowest BCUT2D eigenvalue weighted by Crippen LogP contribution is -2.42. The first-order chi connectivity index (χ1) is 13.2. The number of anilines is 1. The van der Waals surface area contributed by atoms with Gasteiger partial charge in [-0.3, -0.25) is 0 Å². The predicted molar refractivity (Wildman–Crippen MR) is 101 cm³/mol. The summed E-state index contributed by atoms with van der Waals surface area (Å²) in [5.41, 5.74) is 0.00966. The first-order valence-electron chi connectivity index (χ1n) is 9.62. The standard InChI is InChI=1S/C18H25N5O4S/c1-12-8-15(23(21-12)13-4-3-5-13)22-10-14(28(2,25)26)9-16(22)27-17(24)20-18(11-19)6-7-18/h8,13-14,16H,3-7,9-10H2,1-2H3,(H,20,24)/t14-,16+/m1/s1. The molecule has 1 N–H and O–H groups in total. The largest absolute Gasteiger partial charge is 0.425 e. The molecule has 1 aliphatic heterocycles. The normalized spacial score (nSPS) is 26.4. The number of carbonyl (C=O) groups excluding carboxylic acids is 1. The van der Waals surface area contributed by atoms with Crippen molar-refractivity contribution in [2.75, 3.05) is 17.7 Å². The first-order valence-corrected chi connectivity index (χ1v) is 11.6. The van der Waals surface area contributed by atoms with Gasteiger partial charge in [0.1, 0.15) is 11.4 Å². The maximum atomic E-state index is 12.4.